The molecule has 134 valence electrons. The van der Waals surface area contributed by atoms with Gasteiger partial charge in [0.1, 0.15) is 0 Å². The lowest BCUT2D eigenvalue weighted by molar-refractivity contribution is -0.142. The first-order chi connectivity index (χ1) is 11.4. The van der Waals surface area contributed by atoms with Crippen LogP contribution in [0.25, 0.3) is 0 Å². The van der Waals surface area contributed by atoms with Crippen molar-refractivity contribution in [2.75, 3.05) is 32.8 Å². The number of hydrogen-bond acceptors (Lipinski definition) is 3. The van der Waals surface area contributed by atoms with E-state index in [4.69, 9.17) is 4.74 Å². The number of ether oxygens (including phenoxy) is 1. The lowest BCUT2D eigenvalue weighted by Crippen LogP contribution is -2.63. The van der Waals surface area contributed by atoms with Crippen LogP contribution in [0.4, 0.5) is 0 Å². The molecule has 3 nitrogen and oxygen atoms in total. The Labute approximate surface area is 148 Å². The molecule has 0 aliphatic carbocycles. The van der Waals surface area contributed by atoms with Crippen molar-refractivity contribution >= 4 is 0 Å². The summed E-state index contributed by atoms with van der Waals surface area (Å²) in [5.41, 5.74) is 1.74. The van der Waals surface area contributed by atoms with Gasteiger partial charge in [0.15, 0.2) is 0 Å². The second kappa shape index (κ2) is 7.15. The van der Waals surface area contributed by atoms with Gasteiger partial charge in [-0.25, -0.2) is 0 Å². The molecule has 0 radical (unpaired) electrons. The Hall–Kier alpha value is -0.900. The van der Waals surface area contributed by atoms with Crippen molar-refractivity contribution in [1.82, 2.24) is 9.80 Å². The van der Waals surface area contributed by atoms with Crippen LogP contribution in [0.1, 0.15) is 46.1 Å². The molecule has 3 heteroatoms. The van der Waals surface area contributed by atoms with Crippen LogP contribution in [0.15, 0.2) is 30.3 Å². The van der Waals surface area contributed by atoms with Gasteiger partial charge in [-0.2, -0.15) is 0 Å². The molecule has 0 saturated carbocycles. The van der Waals surface area contributed by atoms with Crippen molar-refractivity contribution in [3.8, 4) is 0 Å². The predicted octanol–water partition coefficient (Wildman–Crippen LogP) is 3.79. The SMILES string of the molecule is CC(C)C1(N2CCN(Cc3ccccc3)CC2)CCOC(C)(C)C1. The van der Waals surface area contributed by atoms with Crippen molar-refractivity contribution in [3.63, 3.8) is 0 Å². The van der Waals surface area contributed by atoms with E-state index in [9.17, 15) is 0 Å². The zero-order chi connectivity index (χ0) is 17.2. The van der Waals surface area contributed by atoms with Crippen LogP contribution >= 0.6 is 0 Å². The molecule has 1 unspecified atom stereocenters. The Kier molecular flexibility index (Phi) is 5.33. The van der Waals surface area contributed by atoms with Gasteiger partial charge in [-0.3, -0.25) is 9.80 Å². The summed E-state index contributed by atoms with van der Waals surface area (Å²) in [6, 6.07) is 10.9. The van der Waals surface area contributed by atoms with Crippen LogP contribution in [0.3, 0.4) is 0 Å². The number of nitrogens with zero attached hydrogens (tertiary/aromatic N) is 2. The molecule has 0 spiro atoms. The van der Waals surface area contributed by atoms with Gasteiger partial charge < -0.3 is 4.74 Å². The van der Waals surface area contributed by atoms with E-state index in [1.54, 1.807) is 0 Å². The van der Waals surface area contributed by atoms with Gasteiger partial charge in [0, 0.05) is 44.9 Å². The number of piperazine rings is 1. The molecule has 2 aliphatic rings. The van der Waals surface area contributed by atoms with E-state index >= 15 is 0 Å². The summed E-state index contributed by atoms with van der Waals surface area (Å²) >= 11 is 0. The Bertz CT molecular complexity index is 520. The van der Waals surface area contributed by atoms with E-state index in [2.05, 4.69) is 67.8 Å². The van der Waals surface area contributed by atoms with E-state index in [0.29, 0.717) is 11.5 Å². The van der Waals surface area contributed by atoms with Crippen molar-refractivity contribution in [3.05, 3.63) is 35.9 Å². The smallest absolute Gasteiger partial charge is 0.0644 e. The Morgan fingerprint density at radius 1 is 1.04 bits per heavy atom. The minimum Gasteiger partial charge on any atom is -0.375 e. The summed E-state index contributed by atoms with van der Waals surface area (Å²) in [5, 5.41) is 0. The normalized spacial score (nSPS) is 29.0. The summed E-state index contributed by atoms with van der Waals surface area (Å²) in [6.45, 7) is 16.0. The van der Waals surface area contributed by atoms with Gasteiger partial charge in [-0.15, -0.1) is 0 Å². The van der Waals surface area contributed by atoms with Crippen LogP contribution in [0.2, 0.25) is 0 Å². The third-order valence-electron chi connectivity index (χ3n) is 6.09. The highest BCUT2D eigenvalue weighted by atomic mass is 16.5. The summed E-state index contributed by atoms with van der Waals surface area (Å²) in [7, 11) is 0. The van der Waals surface area contributed by atoms with Crippen molar-refractivity contribution < 1.29 is 4.74 Å². The molecule has 2 heterocycles. The van der Waals surface area contributed by atoms with Gasteiger partial charge in [-0.1, -0.05) is 44.2 Å². The molecule has 24 heavy (non-hydrogen) atoms. The highest BCUT2D eigenvalue weighted by Gasteiger charge is 2.47. The number of benzene rings is 1. The first-order valence-corrected chi connectivity index (χ1v) is 9.57. The minimum absolute atomic E-state index is 0.00366. The summed E-state index contributed by atoms with van der Waals surface area (Å²) in [4.78, 5) is 5.38. The maximum Gasteiger partial charge on any atom is 0.0644 e. The van der Waals surface area contributed by atoms with Crippen LogP contribution in [0, 0.1) is 5.92 Å². The number of hydrogen-bond donors (Lipinski definition) is 0. The molecule has 0 bridgehead atoms. The maximum atomic E-state index is 6.02. The molecule has 2 aliphatic heterocycles. The molecule has 2 saturated heterocycles. The quantitative estimate of drug-likeness (QED) is 0.835. The van der Waals surface area contributed by atoms with Gasteiger partial charge in [-0.05, 0) is 38.2 Å². The third kappa shape index (κ3) is 3.84. The first-order valence-electron chi connectivity index (χ1n) is 9.57. The second-order valence-corrected chi connectivity index (χ2v) is 8.54. The summed E-state index contributed by atoms with van der Waals surface area (Å²) in [6.07, 6.45) is 2.32. The molecule has 0 amide bonds. The third-order valence-corrected chi connectivity index (χ3v) is 6.09. The van der Waals surface area contributed by atoms with Gasteiger partial charge >= 0.3 is 0 Å². The molecular formula is C21H34N2O. The van der Waals surface area contributed by atoms with Crippen LogP contribution in [-0.4, -0.2) is 53.7 Å². The molecular weight excluding hydrogens is 296 g/mol. The van der Waals surface area contributed by atoms with E-state index < -0.39 is 0 Å². The fourth-order valence-electron chi connectivity index (χ4n) is 4.70. The highest BCUT2D eigenvalue weighted by molar-refractivity contribution is 5.14. The number of rotatable bonds is 4. The average Bonchev–Trinajstić information content (AvgIpc) is 2.55. The van der Waals surface area contributed by atoms with E-state index in [1.165, 1.54) is 38.2 Å². The fourth-order valence-corrected chi connectivity index (χ4v) is 4.70. The fraction of sp³-hybridized carbons (Fsp3) is 0.714. The molecule has 0 N–H and O–H groups in total. The van der Waals surface area contributed by atoms with Crippen molar-refractivity contribution in [2.24, 2.45) is 5.92 Å². The molecule has 0 aromatic heterocycles. The standard InChI is InChI=1S/C21H34N2O/c1-18(2)21(10-15-24-20(3,4)17-21)23-13-11-22(12-14-23)16-19-8-6-5-7-9-19/h5-9,18H,10-17H2,1-4H3. The average molecular weight is 331 g/mol. The zero-order valence-corrected chi connectivity index (χ0v) is 15.9. The first kappa shape index (κ1) is 17.9. The Morgan fingerprint density at radius 2 is 1.71 bits per heavy atom. The van der Waals surface area contributed by atoms with Crippen molar-refractivity contribution in [1.29, 1.82) is 0 Å². The minimum atomic E-state index is 0.00366. The van der Waals surface area contributed by atoms with E-state index in [1.807, 2.05) is 0 Å². The Balaban J connectivity index is 1.63. The Morgan fingerprint density at radius 3 is 2.29 bits per heavy atom. The molecule has 1 aromatic carbocycles. The van der Waals surface area contributed by atoms with E-state index in [-0.39, 0.29) is 5.60 Å². The van der Waals surface area contributed by atoms with Gasteiger partial charge in [0.05, 0.1) is 5.60 Å². The molecule has 2 fully saturated rings. The zero-order valence-electron chi connectivity index (χ0n) is 15.9. The molecule has 1 atom stereocenters. The van der Waals surface area contributed by atoms with Crippen LogP contribution < -0.4 is 0 Å². The molecule has 3 rings (SSSR count). The molecule has 1 aromatic rings. The lowest BCUT2D eigenvalue weighted by Gasteiger charge is -2.55. The second-order valence-electron chi connectivity index (χ2n) is 8.54. The topological polar surface area (TPSA) is 15.7 Å². The van der Waals surface area contributed by atoms with Crippen LogP contribution in [-0.2, 0) is 11.3 Å². The largest absolute Gasteiger partial charge is 0.375 e. The lowest BCUT2D eigenvalue weighted by atomic mass is 9.72. The monoisotopic (exact) mass is 330 g/mol. The van der Waals surface area contributed by atoms with Gasteiger partial charge in [0.2, 0.25) is 0 Å². The predicted molar refractivity (Wildman–Crippen MR) is 100 cm³/mol. The van der Waals surface area contributed by atoms with E-state index in [0.717, 1.165) is 19.6 Å². The summed E-state index contributed by atoms with van der Waals surface area (Å²) in [5.74, 6) is 0.668. The van der Waals surface area contributed by atoms with Crippen molar-refractivity contribution in [2.45, 2.75) is 58.2 Å². The maximum absolute atomic E-state index is 6.02. The van der Waals surface area contributed by atoms with Crippen LogP contribution in [0.5, 0.6) is 0 Å². The van der Waals surface area contributed by atoms with Gasteiger partial charge in [0.25, 0.3) is 0 Å². The highest BCUT2D eigenvalue weighted by Crippen LogP contribution is 2.42. The summed E-state index contributed by atoms with van der Waals surface area (Å²) < 4.78 is 6.02.